The summed E-state index contributed by atoms with van der Waals surface area (Å²) in [6, 6.07) is 5.76. The van der Waals surface area contributed by atoms with Gasteiger partial charge in [-0.2, -0.15) is 0 Å². The summed E-state index contributed by atoms with van der Waals surface area (Å²) in [6.45, 7) is 2.02. The zero-order chi connectivity index (χ0) is 16.1. The molecule has 0 bridgehead atoms. The molecule has 0 aliphatic carbocycles. The number of hydrogen-bond donors (Lipinski definition) is 0. The van der Waals surface area contributed by atoms with Gasteiger partial charge in [0, 0.05) is 0 Å². The average Bonchev–Trinajstić information content (AvgIpc) is 2.75. The second kappa shape index (κ2) is 7.51. The number of carbonyl (C=O) groups is 2. The van der Waals surface area contributed by atoms with E-state index in [-0.39, 0.29) is 18.3 Å². The van der Waals surface area contributed by atoms with Crippen LogP contribution in [0.5, 0.6) is 0 Å². The Balaban J connectivity index is 2.08. The molecule has 116 valence electrons. The van der Waals surface area contributed by atoms with Gasteiger partial charge in [0.05, 0.1) is 11.5 Å². The molecule has 4 nitrogen and oxygen atoms in total. The average molecular weight is 339 g/mol. The fourth-order valence-electron chi connectivity index (χ4n) is 1.74. The van der Waals surface area contributed by atoms with Crippen LogP contribution in [0.3, 0.4) is 0 Å². The molecule has 1 heterocycles. The highest BCUT2D eigenvalue weighted by molar-refractivity contribution is 8.26. The maximum atomic E-state index is 12.9. The molecule has 1 aliphatic rings. The largest absolute Gasteiger partial charge is 0.464 e. The van der Waals surface area contributed by atoms with Crippen LogP contribution in [0.1, 0.15) is 18.9 Å². The molecule has 0 saturated carbocycles. The number of amides is 1. The lowest BCUT2D eigenvalue weighted by Crippen LogP contribution is -2.34. The molecule has 0 atom stereocenters. The van der Waals surface area contributed by atoms with Gasteiger partial charge < -0.3 is 4.74 Å². The summed E-state index contributed by atoms with van der Waals surface area (Å²) in [4.78, 5) is 25.5. The second-order valence-corrected chi connectivity index (χ2v) is 6.22. The van der Waals surface area contributed by atoms with Crippen LogP contribution in [-0.4, -0.2) is 34.2 Å². The van der Waals surface area contributed by atoms with Gasteiger partial charge in [-0.25, -0.2) is 4.39 Å². The lowest BCUT2D eigenvalue weighted by molar-refractivity contribution is -0.146. The topological polar surface area (TPSA) is 46.6 Å². The third-order valence-electron chi connectivity index (χ3n) is 2.80. The summed E-state index contributed by atoms with van der Waals surface area (Å²) in [7, 11) is 0. The van der Waals surface area contributed by atoms with Crippen LogP contribution < -0.4 is 0 Å². The van der Waals surface area contributed by atoms with Crippen LogP contribution in [0.4, 0.5) is 4.39 Å². The lowest BCUT2D eigenvalue weighted by atomic mass is 10.2. The van der Waals surface area contributed by atoms with E-state index in [0.717, 1.165) is 11.8 Å². The maximum Gasteiger partial charge on any atom is 0.326 e. The summed E-state index contributed by atoms with van der Waals surface area (Å²) in [5.41, 5.74) is 0.690. The van der Waals surface area contributed by atoms with Crippen LogP contribution >= 0.6 is 24.0 Å². The van der Waals surface area contributed by atoms with E-state index < -0.39 is 5.97 Å². The SMILES string of the molecule is CCCOC(=O)CN1C(=O)/C(=C/c2ccc(F)cc2)SC1=S. The van der Waals surface area contributed by atoms with Gasteiger partial charge in [-0.15, -0.1) is 0 Å². The summed E-state index contributed by atoms with van der Waals surface area (Å²) >= 11 is 6.24. The van der Waals surface area contributed by atoms with Crippen molar-refractivity contribution in [1.82, 2.24) is 4.90 Å². The van der Waals surface area contributed by atoms with Crippen molar-refractivity contribution in [2.75, 3.05) is 13.2 Å². The molecule has 0 spiro atoms. The minimum atomic E-state index is -0.485. The normalized spacial score (nSPS) is 16.5. The van der Waals surface area contributed by atoms with E-state index in [2.05, 4.69) is 0 Å². The fourth-order valence-corrected chi connectivity index (χ4v) is 2.99. The maximum absolute atomic E-state index is 12.9. The first-order valence-electron chi connectivity index (χ1n) is 6.68. The number of carbonyl (C=O) groups excluding carboxylic acids is 2. The van der Waals surface area contributed by atoms with Gasteiger partial charge in [0.2, 0.25) is 0 Å². The monoisotopic (exact) mass is 339 g/mol. The van der Waals surface area contributed by atoms with Crippen molar-refractivity contribution in [3.63, 3.8) is 0 Å². The van der Waals surface area contributed by atoms with Crippen LogP contribution in [-0.2, 0) is 14.3 Å². The highest BCUT2D eigenvalue weighted by Gasteiger charge is 2.33. The first kappa shape index (κ1) is 16.6. The van der Waals surface area contributed by atoms with Crippen LogP contribution in [0.15, 0.2) is 29.2 Å². The molecule has 1 amide bonds. The summed E-state index contributed by atoms with van der Waals surface area (Å²) in [6.07, 6.45) is 2.34. The van der Waals surface area contributed by atoms with E-state index >= 15 is 0 Å². The van der Waals surface area contributed by atoms with Crippen LogP contribution in [0, 0.1) is 5.82 Å². The van der Waals surface area contributed by atoms with Gasteiger partial charge in [0.15, 0.2) is 0 Å². The number of ether oxygens (including phenoxy) is 1. The first-order chi connectivity index (χ1) is 10.5. The Bertz CT molecular complexity index is 628. The Morgan fingerprint density at radius 1 is 1.41 bits per heavy atom. The number of esters is 1. The molecular weight excluding hydrogens is 325 g/mol. The molecule has 0 unspecified atom stereocenters. The highest BCUT2D eigenvalue weighted by Crippen LogP contribution is 2.32. The van der Waals surface area contributed by atoms with Crippen molar-refractivity contribution < 1.29 is 18.7 Å². The number of hydrogen-bond acceptors (Lipinski definition) is 5. The molecule has 1 aliphatic heterocycles. The van der Waals surface area contributed by atoms with Gasteiger partial charge in [-0.05, 0) is 30.2 Å². The molecule has 0 N–H and O–H groups in total. The van der Waals surface area contributed by atoms with Crippen molar-refractivity contribution in [3.8, 4) is 0 Å². The highest BCUT2D eigenvalue weighted by atomic mass is 32.2. The summed E-state index contributed by atoms with van der Waals surface area (Å²) < 4.78 is 18.1. The number of nitrogens with zero attached hydrogens (tertiary/aromatic N) is 1. The molecule has 1 aromatic carbocycles. The Morgan fingerprint density at radius 3 is 2.73 bits per heavy atom. The smallest absolute Gasteiger partial charge is 0.326 e. The fraction of sp³-hybridized carbons (Fsp3) is 0.267. The van der Waals surface area contributed by atoms with Gasteiger partial charge in [-0.1, -0.05) is 43.0 Å². The van der Waals surface area contributed by atoms with E-state index in [9.17, 15) is 14.0 Å². The van der Waals surface area contributed by atoms with E-state index in [1.54, 1.807) is 18.2 Å². The summed E-state index contributed by atoms with van der Waals surface area (Å²) in [5.74, 6) is -1.17. The Labute approximate surface area is 137 Å². The van der Waals surface area contributed by atoms with Crippen LogP contribution in [0.2, 0.25) is 0 Å². The Kier molecular flexibility index (Phi) is 5.68. The minimum Gasteiger partial charge on any atom is -0.464 e. The predicted octanol–water partition coefficient (Wildman–Crippen LogP) is 2.98. The Hall–Kier alpha value is -1.73. The second-order valence-electron chi connectivity index (χ2n) is 4.54. The zero-order valence-corrected chi connectivity index (χ0v) is 13.5. The van der Waals surface area contributed by atoms with Crippen molar-refractivity contribution in [3.05, 3.63) is 40.6 Å². The molecule has 1 saturated heterocycles. The van der Waals surface area contributed by atoms with E-state index in [0.29, 0.717) is 27.8 Å². The van der Waals surface area contributed by atoms with Gasteiger partial charge in [0.1, 0.15) is 16.7 Å². The van der Waals surface area contributed by atoms with Gasteiger partial charge in [0.25, 0.3) is 5.91 Å². The Morgan fingerprint density at radius 2 is 2.09 bits per heavy atom. The third kappa shape index (κ3) is 4.14. The van der Waals surface area contributed by atoms with E-state index in [1.165, 1.54) is 17.0 Å². The lowest BCUT2D eigenvalue weighted by Gasteiger charge is -2.13. The predicted molar refractivity (Wildman–Crippen MR) is 87.5 cm³/mol. The number of thioether (sulfide) groups is 1. The molecule has 7 heteroatoms. The van der Waals surface area contributed by atoms with Crippen molar-refractivity contribution in [1.29, 1.82) is 0 Å². The standard InChI is InChI=1S/C15H14FNO3S2/c1-2-7-20-13(18)9-17-14(19)12(22-15(17)21)8-10-3-5-11(16)6-4-10/h3-6,8H,2,7,9H2,1H3/b12-8-. The number of thiocarbonyl (C=S) groups is 1. The quantitative estimate of drug-likeness (QED) is 0.469. The third-order valence-corrected chi connectivity index (χ3v) is 4.17. The number of benzene rings is 1. The number of rotatable bonds is 5. The van der Waals surface area contributed by atoms with Crippen molar-refractivity contribution in [2.45, 2.75) is 13.3 Å². The molecule has 0 aromatic heterocycles. The molecular formula is C15H14FNO3S2. The van der Waals surface area contributed by atoms with E-state index in [4.69, 9.17) is 17.0 Å². The first-order valence-corrected chi connectivity index (χ1v) is 7.90. The van der Waals surface area contributed by atoms with Gasteiger partial charge >= 0.3 is 5.97 Å². The molecule has 2 rings (SSSR count). The van der Waals surface area contributed by atoms with E-state index in [1.807, 2.05) is 6.92 Å². The minimum absolute atomic E-state index is 0.189. The molecule has 0 radical (unpaired) electrons. The molecule has 1 aromatic rings. The zero-order valence-electron chi connectivity index (χ0n) is 11.9. The molecule has 22 heavy (non-hydrogen) atoms. The number of halogens is 1. The van der Waals surface area contributed by atoms with Gasteiger partial charge in [-0.3, -0.25) is 14.5 Å². The van der Waals surface area contributed by atoms with Crippen molar-refractivity contribution >= 4 is 46.3 Å². The van der Waals surface area contributed by atoms with Crippen molar-refractivity contribution in [2.24, 2.45) is 0 Å². The summed E-state index contributed by atoms with van der Waals surface area (Å²) in [5, 5.41) is 0. The molecule has 1 fully saturated rings. The van der Waals surface area contributed by atoms with Crippen LogP contribution in [0.25, 0.3) is 6.08 Å².